The van der Waals surface area contributed by atoms with Gasteiger partial charge in [0.2, 0.25) is 5.91 Å². The molecule has 0 aliphatic heterocycles. The number of amides is 1. The zero-order valence-corrected chi connectivity index (χ0v) is 12.2. The van der Waals surface area contributed by atoms with Crippen molar-refractivity contribution in [3.63, 3.8) is 0 Å². The summed E-state index contributed by atoms with van der Waals surface area (Å²) >= 11 is 0. The molecular weight excluding hydrogens is 311 g/mol. The fourth-order valence-electron chi connectivity index (χ4n) is 3.05. The third-order valence-electron chi connectivity index (χ3n) is 4.75. The monoisotopic (exact) mass is 327 g/mol. The first-order valence-electron chi connectivity index (χ1n) is 7.45. The summed E-state index contributed by atoms with van der Waals surface area (Å²) in [7, 11) is 0. The quantitative estimate of drug-likeness (QED) is 0.893. The summed E-state index contributed by atoms with van der Waals surface area (Å²) in [6.45, 7) is 0. The minimum absolute atomic E-state index is 0.275. The van der Waals surface area contributed by atoms with E-state index in [0.29, 0.717) is 24.8 Å². The fourth-order valence-corrected chi connectivity index (χ4v) is 3.05. The molecular formula is C16H16F3NO3. The summed E-state index contributed by atoms with van der Waals surface area (Å²) in [5.74, 6) is -2.15. The van der Waals surface area contributed by atoms with Crippen LogP contribution in [0.1, 0.15) is 42.7 Å². The predicted molar refractivity (Wildman–Crippen MR) is 74.7 cm³/mol. The van der Waals surface area contributed by atoms with E-state index in [2.05, 4.69) is 5.32 Å². The van der Waals surface area contributed by atoms with E-state index in [0.717, 1.165) is 18.6 Å². The highest BCUT2D eigenvalue weighted by Crippen LogP contribution is 2.49. The largest absolute Gasteiger partial charge is 0.480 e. The van der Waals surface area contributed by atoms with Crippen molar-refractivity contribution in [1.29, 1.82) is 0 Å². The van der Waals surface area contributed by atoms with Crippen molar-refractivity contribution < 1.29 is 27.9 Å². The Kier molecular flexibility index (Phi) is 3.61. The minimum Gasteiger partial charge on any atom is -0.480 e. The number of carbonyl (C=O) groups excluding carboxylic acids is 1. The third-order valence-corrected chi connectivity index (χ3v) is 4.75. The molecule has 124 valence electrons. The van der Waals surface area contributed by atoms with Crippen LogP contribution in [0.2, 0.25) is 0 Å². The van der Waals surface area contributed by atoms with Gasteiger partial charge in [-0.3, -0.25) is 4.79 Å². The molecule has 2 saturated carbocycles. The lowest BCUT2D eigenvalue weighted by atomic mass is 9.76. The number of nitrogens with one attached hydrogen (secondary N) is 1. The Labute approximate surface area is 130 Å². The van der Waals surface area contributed by atoms with E-state index in [1.54, 1.807) is 6.07 Å². The Morgan fingerprint density at radius 1 is 1.26 bits per heavy atom. The van der Waals surface area contributed by atoms with E-state index in [1.807, 2.05) is 0 Å². The van der Waals surface area contributed by atoms with Gasteiger partial charge in [0.15, 0.2) is 0 Å². The number of rotatable bonds is 4. The van der Waals surface area contributed by atoms with Gasteiger partial charge < -0.3 is 10.4 Å². The molecule has 1 aromatic carbocycles. The van der Waals surface area contributed by atoms with Crippen LogP contribution in [0.25, 0.3) is 0 Å². The molecule has 0 spiro atoms. The highest BCUT2D eigenvalue weighted by Gasteiger charge is 2.51. The number of halogens is 3. The fraction of sp³-hybridized carbons (Fsp3) is 0.500. The van der Waals surface area contributed by atoms with Crippen LogP contribution in [-0.4, -0.2) is 22.5 Å². The highest BCUT2D eigenvalue weighted by molar-refractivity contribution is 5.90. The smallest absolute Gasteiger partial charge is 0.416 e. The predicted octanol–water partition coefficient (Wildman–Crippen LogP) is 2.93. The average molecular weight is 327 g/mol. The van der Waals surface area contributed by atoms with Crippen molar-refractivity contribution in [3.05, 3.63) is 35.4 Å². The first kappa shape index (κ1) is 15.8. The van der Waals surface area contributed by atoms with Gasteiger partial charge in [0.1, 0.15) is 5.54 Å². The molecule has 2 N–H and O–H groups in total. The molecule has 2 atom stereocenters. The first-order chi connectivity index (χ1) is 10.7. The molecule has 2 aliphatic carbocycles. The molecule has 0 radical (unpaired) electrons. The van der Waals surface area contributed by atoms with Gasteiger partial charge in [-0.2, -0.15) is 13.2 Å². The van der Waals surface area contributed by atoms with Crippen LogP contribution in [0, 0.1) is 5.92 Å². The van der Waals surface area contributed by atoms with Gasteiger partial charge in [-0.1, -0.05) is 18.2 Å². The number of carboxylic acid groups (broad SMARTS) is 1. The van der Waals surface area contributed by atoms with Gasteiger partial charge in [0.25, 0.3) is 0 Å². The molecule has 2 unspecified atom stereocenters. The second kappa shape index (κ2) is 5.25. The van der Waals surface area contributed by atoms with Gasteiger partial charge >= 0.3 is 12.1 Å². The maximum absolute atomic E-state index is 12.7. The van der Waals surface area contributed by atoms with E-state index < -0.39 is 29.2 Å². The van der Waals surface area contributed by atoms with Crippen LogP contribution in [-0.2, 0) is 15.8 Å². The molecule has 7 heteroatoms. The number of benzene rings is 1. The summed E-state index contributed by atoms with van der Waals surface area (Å²) in [5, 5.41) is 11.8. The topological polar surface area (TPSA) is 66.4 Å². The van der Waals surface area contributed by atoms with Crippen LogP contribution < -0.4 is 5.32 Å². The summed E-state index contributed by atoms with van der Waals surface area (Å²) in [6, 6.07) is 4.96. The number of carboxylic acids is 1. The van der Waals surface area contributed by atoms with Crippen LogP contribution >= 0.6 is 0 Å². The maximum Gasteiger partial charge on any atom is 0.416 e. The lowest BCUT2D eigenvalue weighted by Gasteiger charge is -2.38. The molecule has 0 heterocycles. The summed E-state index contributed by atoms with van der Waals surface area (Å²) in [5.41, 5.74) is -1.45. The average Bonchev–Trinajstić information content (AvgIpc) is 3.22. The Balaban J connectivity index is 1.68. The van der Waals surface area contributed by atoms with Crippen LogP contribution in [0.3, 0.4) is 0 Å². The second-order valence-electron chi connectivity index (χ2n) is 6.30. The summed E-state index contributed by atoms with van der Waals surface area (Å²) < 4.78 is 38.2. The van der Waals surface area contributed by atoms with E-state index in [-0.39, 0.29) is 11.8 Å². The molecule has 0 aromatic heterocycles. The van der Waals surface area contributed by atoms with E-state index in [1.165, 1.54) is 6.07 Å². The van der Waals surface area contributed by atoms with Crippen molar-refractivity contribution in [1.82, 2.24) is 5.32 Å². The second-order valence-corrected chi connectivity index (χ2v) is 6.30. The highest BCUT2D eigenvalue weighted by atomic mass is 19.4. The lowest BCUT2D eigenvalue weighted by molar-refractivity contribution is -0.152. The summed E-state index contributed by atoms with van der Waals surface area (Å²) in [6.07, 6.45) is -2.43. The number of hydrogen-bond acceptors (Lipinski definition) is 2. The van der Waals surface area contributed by atoms with Gasteiger partial charge in [-0.05, 0) is 43.2 Å². The lowest BCUT2D eigenvalue weighted by Crippen LogP contribution is -2.59. The Morgan fingerprint density at radius 3 is 2.48 bits per heavy atom. The van der Waals surface area contributed by atoms with Crippen LogP contribution in [0.15, 0.2) is 24.3 Å². The van der Waals surface area contributed by atoms with Crippen LogP contribution in [0.5, 0.6) is 0 Å². The molecule has 1 aromatic rings. The molecule has 23 heavy (non-hydrogen) atoms. The zero-order valence-electron chi connectivity index (χ0n) is 12.2. The van der Waals surface area contributed by atoms with Crippen molar-refractivity contribution in [2.24, 2.45) is 5.92 Å². The number of alkyl halides is 3. The van der Waals surface area contributed by atoms with Gasteiger partial charge in [-0.25, -0.2) is 4.79 Å². The van der Waals surface area contributed by atoms with Gasteiger partial charge in [0.05, 0.1) is 5.56 Å². The Bertz CT molecular complexity index is 652. The van der Waals surface area contributed by atoms with Crippen molar-refractivity contribution in [3.8, 4) is 0 Å². The molecule has 0 saturated heterocycles. The first-order valence-corrected chi connectivity index (χ1v) is 7.45. The van der Waals surface area contributed by atoms with E-state index in [4.69, 9.17) is 0 Å². The normalized spacial score (nSPS) is 25.3. The molecule has 4 nitrogen and oxygen atoms in total. The zero-order chi connectivity index (χ0) is 16.8. The summed E-state index contributed by atoms with van der Waals surface area (Å²) in [4.78, 5) is 23.4. The molecule has 1 amide bonds. The third kappa shape index (κ3) is 2.92. The van der Waals surface area contributed by atoms with Crippen molar-refractivity contribution in [2.75, 3.05) is 0 Å². The van der Waals surface area contributed by atoms with E-state index >= 15 is 0 Å². The Morgan fingerprint density at radius 2 is 1.96 bits per heavy atom. The van der Waals surface area contributed by atoms with Crippen molar-refractivity contribution >= 4 is 11.9 Å². The molecule has 2 aliphatic rings. The van der Waals surface area contributed by atoms with Gasteiger partial charge in [0, 0.05) is 5.92 Å². The number of aliphatic carboxylic acids is 1. The Hall–Kier alpha value is -2.05. The minimum atomic E-state index is -4.41. The standard InChI is InChI=1S/C16H16F3NO3/c17-16(18,19)10-4-1-3-9(7-10)11-8-12(11)13(21)20-15(14(22)23)5-2-6-15/h1,3-4,7,11-12H,2,5-6,8H2,(H,20,21)(H,22,23). The molecule has 2 fully saturated rings. The van der Waals surface area contributed by atoms with Crippen molar-refractivity contribution in [2.45, 2.75) is 43.3 Å². The molecule has 0 bridgehead atoms. The number of carbonyl (C=O) groups is 2. The van der Waals surface area contributed by atoms with Gasteiger partial charge in [-0.15, -0.1) is 0 Å². The molecule has 3 rings (SSSR count). The van der Waals surface area contributed by atoms with Crippen LogP contribution in [0.4, 0.5) is 13.2 Å². The SMILES string of the molecule is O=C(NC1(C(=O)O)CCC1)C1CC1c1cccc(C(F)(F)F)c1. The number of hydrogen-bond donors (Lipinski definition) is 2. The maximum atomic E-state index is 12.7. The van der Waals surface area contributed by atoms with E-state index in [9.17, 15) is 27.9 Å².